The number of benzene rings is 2. The normalized spacial score (nSPS) is 11.1. The summed E-state index contributed by atoms with van der Waals surface area (Å²) in [5.41, 5.74) is 0. The third-order valence-corrected chi connectivity index (χ3v) is 3.43. The highest BCUT2D eigenvalue weighted by molar-refractivity contribution is 7.89. The van der Waals surface area contributed by atoms with Gasteiger partial charge in [-0.05, 0) is 12.1 Å². The fraction of sp³-hybridized carbons (Fsp3) is 0. The molecule has 0 aliphatic carbocycles. The van der Waals surface area contributed by atoms with Gasteiger partial charge in [-0.1, -0.05) is 35.9 Å². The maximum absolute atomic E-state index is 11.3. The molecule has 0 aliphatic rings. The average Bonchev–Trinajstić information content (AvgIpc) is 2.16. The number of hydrogen-bond donors (Lipinski definition) is 1. The van der Waals surface area contributed by atoms with E-state index in [4.69, 9.17) is 16.7 Å². The monoisotopic (exact) mass is 277 g/mol. The lowest BCUT2D eigenvalue weighted by Gasteiger charge is -2.04. The first-order valence-corrected chi connectivity index (χ1v) is 6.12. The Bertz CT molecular complexity index is 626. The molecule has 2 aromatic rings. The van der Waals surface area contributed by atoms with Crippen molar-refractivity contribution in [2.45, 2.75) is 4.90 Å². The SMILES string of the molecule is Cl.NS(=O)(=O)c1cccc2c(Cl)cccc12. The number of rotatable bonds is 1. The molecule has 0 radical (unpaired) electrons. The zero-order chi connectivity index (χ0) is 11.1. The van der Waals surface area contributed by atoms with E-state index in [9.17, 15) is 8.42 Å². The molecule has 0 bridgehead atoms. The largest absolute Gasteiger partial charge is 0.238 e. The summed E-state index contributed by atoms with van der Waals surface area (Å²) in [7, 11) is -3.70. The first kappa shape index (κ1) is 13.3. The molecule has 0 heterocycles. The minimum atomic E-state index is -3.70. The lowest BCUT2D eigenvalue weighted by atomic mass is 10.1. The molecule has 0 atom stereocenters. The minimum absolute atomic E-state index is 0. The third-order valence-electron chi connectivity index (χ3n) is 2.14. The summed E-state index contributed by atoms with van der Waals surface area (Å²) < 4.78 is 22.6. The maximum atomic E-state index is 11.3. The Hall–Kier alpha value is -0.810. The Labute approximate surface area is 105 Å². The highest BCUT2D eigenvalue weighted by Crippen LogP contribution is 2.27. The van der Waals surface area contributed by atoms with Crippen molar-refractivity contribution < 1.29 is 8.42 Å². The number of halogens is 2. The van der Waals surface area contributed by atoms with Crippen LogP contribution >= 0.6 is 24.0 Å². The van der Waals surface area contributed by atoms with Gasteiger partial charge in [0.1, 0.15) is 0 Å². The lowest BCUT2D eigenvalue weighted by molar-refractivity contribution is 0.598. The molecular formula is C10H9Cl2NO2S. The zero-order valence-corrected chi connectivity index (χ0v) is 10.4. The van der Waals surface area contributed by atoms with E-state index < -0.39 is 10.0 Å². The lowest BCUT2D eigenvalue weighted by Crippen LogP contribution is -2.12. The standard InChI is InChI=1S/C10H8ClNO2S.ClH/c11-9-5-1-4-8-7(9)3-2-6-10(8)15(12,13)14;/h1-6H,(H2,12,13,14);1H. The Morgan fingerprint density at radius 2 is 1.56 bits per heavy atom. The first-order valence-electron chi connectivity index (χ1n) is 4.20. The molecule has 0 spiro atoms. The Morgan fingerprint density at radius 3 is 2.19 bits per heavy atom. The van der Waals surface area contributed by atoms with Crippen LogP contribution in [0.15, 0.2) is 41.3 Å². The van der Waals surface area contributed by atoms with Crippen LogP contribution in [0.3, 0.4) is 0 Å². The van der Waals surface area contributed by atoms with E-state index in [1.165, 1.54) is 6.07 Å². The summed E-state index contributed by atoms with van der Waals surface area (Å²) in [6.45, 7) is 0. The van der Waals surface area contributed by atoms with Crippen LogP contribution < -0.4 is 5.14 Å². The van der Waals surface area contributed by atoms with Gasteiger partial charge >= 0.3 is 0 Å². The summed E-state index contributed by atoms with van der Waals surface area (Å²) in [5.74, 6) is 0. The minimum Gasteiger partial charge on any atom is -0.225 e. The smallest absolute Gasteiger partial charge is 0.225 e. The van der Waals surface area contributed by atoms with E-state index >= 15 is 0 Å². The van der Waals surface area contributed by atoms with Crippen molar-refractivity contribution >= 4 is 44.8 Å². The Kier molecular flexibility index (Phi) is 3.80. The van der Waals surface area contributed by atoms with Crippen molar-refractivity contribution in [1.82, 2.24) is 0 Å². The highest BCUT2D eigenvalue weighted by atomic mass is 35.5. The van der Waals surface area contributed by atoms with Crippen LogP contribution in [0.25, 0.3) is 10.8 Å². The summed E-state index contributed by atoms with van der Waals surface area (Å²) in [6.07, 6.45) is 0. The van der Waals surface area contributed by atoms with Gasteiger partial charge < -0.3 is 0 Å². The first-order chi connectivity index (χ1) is 7.00. The van der Waals surface area contributed by atoms with Crippen LogP contribution in [-0.4, -0.2) is 8.42 Å². The second kappa shape index (κ2) is 4.59. The molecule has 3 nitrogen and oxygen atoms in total. The van der Waals surface area contributed by atoms with Crippen molar-refractivity contribution in [2.75, 3.05) is 0 Å². The van der Waals surface area contributed by atoms with E-state index in [1.54, 1.807) is 30.3 Å². The molecule has 2 aromatic carbocycles. The van der Waals surface area contributed by atoms with Crippen LogP contribution in [-0.2, 0) is 10.0 Å². The molecule has 6 heteroatoms. The fourth-order valence-electron chi connectivity index (χ4n) is 1.49. The van der Waals surface area contributed by atoms with Gasteiger partial charge in [-0.2, -0.15) is 0 Å². The van der Waals surface area contributed by atoms with Gasteiger partial charge in [-0.25, -0.2) is 13.6 Å². The van der Waals surface area contributed by atoms with E-state index in [0.29, 0.717) is 15.8 Å². The summed E-state index contributed by atoms with van der Waals surface area (Å²) >= 11 is 5.94. The number of nitrogens with two attached hydrogens (primary N) is 1. The molecule has 2 rings (SSSR count). The number of hydrogen-bond acceptors (Lipinski definition) is 2. The molecule has 0 fully saturated rings. The van der Waals surface area contributed by atoms with E-state index in [2.05, 4.69) is 0 Å². The van der Waals surface area contributed by atoms with Crippen LogP contribution in [0.2, 0.25) is 5.02 Å². The third kappa shape index (κ3) is 2.30. The van der Waals surface area contributed by atoms with Crippen LogP contribution in [0.4, 0.5) is 0 Å². The van der Waals surface area contributed by atoms with Crippen molar-refractivity contribution in [1.29, 1.82) is 0 Å². The van der Waals surface area contributed by atoms with E-state index in [-0.39, 0.29) is 17.3 Å². The second-order valence-corrected chi connectivity index (χ2v) is 5.07. The van der Waals surface area contributed by atoms with E-state index in [1.807, 2.05) is 0 Å². The summed E-state index contributed by atoms with van der Waals surface area (Å²) in [5, 5.41) is 6.85. The molecule has 0 aliphatic heterocycles. The highest BCUT2D eigenvalue weighted by Gasteiger charge is 2.12. The van der Waals surface area contributed by atoms with Gasteiger partial charge in [0, 0.05) is 15.8 Å². The number of primary sulfonamides is 1. The van der Waals surface area contributed by atoms with Crippen LogP contribution in [0.1, 0.15) is 0 Å². The maximum Gasteiger partial charge on any atom is 0.238 e. The van der Waals surface area contributed by atoms with Gasteiger partial charge in [-0.3, -0.25) is 0 Å². The second-order valence-electron chi connectivity index (χ2n) is 3.14. The van der Waals surface area contributed by atoms with E-state index in [0.717, 1.165) is 0 Å². The molecule has 0 amide bonds. The molecule has 0 saturated carbocycles. The average molecular weight is 278 g/mol. The van der Waals surface area contributed by atoms with Crippen molar-refractivity contribution in [3.8, 4) is 0 Å². The predicted molar refractivity (Wildman–Crippen MR) is 67.6 cm³/mol. The van der Waals surface area contributed by atoms with Crippen molar-refractivity contribution in [3.63, 3.8) is 0 Å². The number of sulfonamides is 1. The van der Waals surface area contributed by atoms with Gasteiger partial charge in [0.15, 0.2) is 0 Å². The Balaban J connectivity index is 0.00000128. The molecule has 2 N–H and O–H groups in total. The quantitative estimate of drug-likeness (QED) is 0.871. The van der Waals surface area contributed by atoms with Gasteiger partial charge in [0.2, 0.25) is 10.0 Å². The fourth-order valence-corrected chi connectivity index (χ4v) is 2.48. The van der Waals surface area contributed by atoms with Gasteiger partial charge in [0.05, 0.1) is 4.90 Å². The van der Waals surface area contributed by atoms with Crippen LogP contribution in [0.5, 0.6) is 0 Å². The van der Waals surface area contributed by atoms with Gasteiger partial charge in [0.25, 0.3) is 0 Å². The molecule has 86 valence electrons. The number of fused-ring (bicyclic) bond motifs is 1. The van der Waals surface area contributed by atoms with Crippen molar-refractivity contribution in [2.24, 2.45) is 5.14 Å². The molecular weight excluding hydrogens is 269 g/mol. The Morgan fingerprint density at radius 1 is 1.00 bits per heavy atom. The topological polar surface area (TPSA) is 60.2 Å². The molecule has 0 aromatic heterocycles. The van der Waals surface area contributed by atoms with Crippen molar-refractivity contribution in [3.05, 3.63) is 41.4 Å². The summed E-state index contributed by atoms with van der Waals surface area (Å²) in [4.78, 5) is 0.0995. The molecule has 16 heavy (non-hydrogen) atoms. The predicted octanol–water partition coefficient (Wildman–Crippen LogP) is 2.56. The van der Waals surface area contributed by atoms with Gasteiger partial charge in [-0.15, -0.1) is 12.4 Å². The molecule has 0 unspecified atom stereocenters. The van der Waals surface area contributed by atoms with Crippen LogP contribution in [0, 0.1) is 0 Å². The zero-order valence-electron chi connectivity index (χ0n) is 8.05. The molecule has 0 saturated heterocycles. The summed E-state index contributed by atoms with van der Waals surface area (Å²) in [6, 6.07) is 9.92.